The average molecular weight is 341 g/mol. The summed E-state index contributed by atoms with van der Waals surface area (Å²) in [5.74, 6) is 1.74. The van der Waals surface area contributed by atoms with Crippen LogP contribution in [0.4, 0.5) is 0 Å². The van der Waals surface area contributed by atoms with Crippen molar-refractivity contribution in [3.05, 3.63) is 29.6 Å². The van der Waals surface area contributed by atoms with Gasteiger partial charge in [0.15, 0.2) is 0 Å². The monoisotopic (exact) mass is 341 g/mol. The fraction of sp³-hybridized carbons (Fsp3) is 0.714. The van der Waals surface area contributed by atoms with E-state index in [9.17, 15) is 4.79 Å². The summed E-state index contributed by atoms with van der Waals surface area (Å²) in [4.78, 5) is 22.1. The van der Waals surface area contributed by atoms with Crippen LogP contribution >= 0.6 is 0 Å². The molecule has 0 spiro atoms. The molecule has 4 atom stereocenters. The predicted octanol–water partition coefficient (Wildman–Crippen LogP) is 3.39. The highest BCUT2D eigenvalue weighted by atomic mass is 16.2. The van der Waals surface area contributed by atoms with E-state index in [4.69, 9.17) is 0 Å². The lowest BCUT2D eigenvalue weighted by Gasteiger charge is -2.57. The van der Waals surface area contributed by atoms with Crippen LogP contribution in [0.1, 0.15) is 56.7 Å². The minimum atomic E-state index is 0.431. The van der Waals surface area contributed by atoms with Crippen molar-refractivity contribution < 1.29 is 4.79 Å². The van der Waals surface area contributed by atoms with Gasteiger partial charge in [0, 0.05) is 50.0 Å². The number of piperidine rings is 3. The van der Waals surface area contributed by atoms with E-state index >= 15 is 0 Å². The molecule has 2 bridgehead atoms. The van der Waals surface area contributed by atoms with Crippen LogP contribution in [-0.2, 0) is 11.3 Å². The van der Waals surface area contributed by atoms with Gasteiger partial charge < -0.3 is 4.90 Å². The van der Waals surface area contributed by atoms with E-state index in [1.165, 1.54) is 31.2 Å². The van der Waals surface area contributed by atoms with E-state index in [2.05, 4.69) is 40.8 Å². The van der Waals surface area contributed by atoms with Gasteiger partial charge in [0.1, 0.15) is 0 Å². The van der Waals surface area contributed by atoms with E-state index in [0.29, 0.717) is 29.8 Å². The molecule has 0 N–H and O–H groups in total. The number of amides is 1. The summed E-state index contributed by atoms with van der Waals surface area (Å²) in [7, 11) is 0. The minimum Gasteiger partial charge on any atom is -0.336 e. The predicted molar refractivity (Wildman–Crippen MR) is 99.0 cm³/mol. The Hall–Kier alpha value is -1.42. The first-order valence-electron chi connectivity index (χ1n) is 10.1. The van der Waals surface area contributed by atoms with Crippen molar-refractivity contribution in [3.63, 3.8) is 0 Å². The summed E-state index contributed by atoms with van der Waals surface area (Å²) in [6.45, 7) is 7.65. The van der Waals surface area contributed by atoms with Crippen LogP contribution in [0.25, 0.3) is 0 Å². The molecule has 0 saturated carbocycles. The molecular formula is C21H31N3O. The molecule has 4 rings (SSSR count). The fourth-order valence-electron chi connectivity index (χ4n) is 5.59. The van der Waals surface area contributed by atoms with E-state index in [1.54, 1.807) is 0 Å². The first kappa shape index (κ1) is 17.0. The van der Waals surface area contributed by atoms with Crippen molar-refractivity contribution in [2.24, 2.45) is 11.8 Å². The number of fused-ring (bicyclic) bond motifs is 4. The number of likely N-dealkylation sites (tertiary alicyclic amines) is 1. The minimum absolute atomic E-state index is 0.431. The van der Waals surface area contributed by atoms with Crippen molar-refractivity contribution in [2.75, 3.05) is 13.1 Å². The Labute approximate surface area is 151 Å². The topological polar surface area (TPSA) is 36.4 Å². The maximum absolute atomic E-state index is 12.7. The van der Waals surface area contributed by atoms with Gasteiger partial charge in [-0.05, 0) is 56.1 Å². The van der Waals surface area contributed by atoms with E-state index in [0.717, 1.165) is 38.2 Å². The SMILES string of the molecule is CCC[C@H]1[C@H]2C[C@H](CN(Cc3cccnc3C)C2)[C@@H]2CCCC(=O)N21. The van der Waals surface area contributed by atoms with Gasteiger partial charge >= 0.3 is 0 Å². The molecule has 0 radical (unpaired) electrons. The summed E-state index contributed by atoms with van der Waals surface area (Å²) in [6.07, 6.45) is 8.61. The van der Waals surface area contributed by atoms with Gasteiger partial charge in [-0.25, -0.2) is 0 Å². The molecule has 136 valence electrons. The van der Waals surface area contributed by atoms with Crippen molar-refractivity contribution in [1.82, 2.24) is 14.8 Å². The molecule has 1 amide bonds. The summed E-state index contributed by atoms with van der Waals surface area (Å²) < 4.78 is 0. The van der Waals surface area contributed by atoms with Crippen LogP contribution in [0.5, 0.6) is 0 Å². The van der Waals surface area contributed by atoms with E-state index < -0.39 is 0 Å². The van der Waals surface area contributed by atoms with Crippen LogP contribution in [0, 0.1) is 18.8 Å². The van der Waals surface area contributed by atoms with Gasteiger partial charge in [-0.2, -0.15) is 0 Å². The first-order chi connectivity index (χ1) is 12.2. The fourth-order valence-corrected chi connectivity index (χ4v) is 5.59. The smallest absolute Gasteiger partial charge is 0.223 e. The zero-order valence-corrected chi connectivity index (χ0v) is 15.7. The van der Waals surface area contributed by atoms with Crippen LogP contribution in [-0.4, -0.2) is 45.9 Å². The normalized spacial score (nSPS) is 32.6. The van der Waals surface area contributed by atoms with Crippen LogP contribution in [0.3, 0.4) is 0 Å². The lowest BCUT2D eigenvalue weighted by molar-refractivity contribution is -0.153. The van der Waals surface area contributed by atoms with Crippen LogP contribution in [0.2, 0.25) is 0 Å². The van der Waals surface area contributed by atoms with Crippen molar-refractivity contribution in [2.45, 2.75) is 71.0 Å². The highest BCUT2D eigenvalue weighted by Gasteiger charge is 2.48. The number of aromatic nitrogens is 1. The van der Waals surface area contributed by atoms with Crippen molar-refractivity contribution in [1.29, 1.82) is 0 Å². The molecule has 4 heteroatoms. The van der Waals surface area contributed by atoms with Crippen molar-refractivity contribution >= 4 is 5.91 Å². The van der Waals surface area contributed by atoms with Crippen LogP contribution in [0.15, 0.2) is 18.3 Å². The molecule has 3 fully saturated rings. The van der Waals surface area contributed by atoms with Gasteiger partial charge in [-0.1, -0.05) is 19.4 Å². The Kier molecular flexibility index (Phi) is 4.81. The molecule has 1 aromatic rings. The Balaban J connectivity index is 1.55. The molecular weight excluding hydrogens is 310 g/mol. The maximum Gasteiger partial charge on any atom is 0.223 e. The molecule has 3 aliphatic heterocycles. The number of nitrogens with zero attached hydrogens (tertiary/aromatic N) is 3. The molecule has 25 heavy (non-hydrogen) atoms. The van der Waals surface area contributed by atoms with Gasteiger partial charge in [0.2, 0.25) is 5.91 Å². The number of hydrogen-bond acceptors (Lipinski definition) is 3. The number of aryl methyl sites for hydroxylation is 1. The highest BCUT2D eigenvalue weighted by Crippen LogP contribution is 2.43. The largest absolute Gasteiger partial charge is 0.336 e. The van der Waals surface area contributed by atoms with Gasteiger partial charge in [0.25, 0.3) is 0 Å². The Morgan fingerprint density at radius 1 is 1.28 bits per heavy atom. The summed E-state index contributed by atoms with van der Waals surface area (Å²) in [5.41, 5.74) is 2.50. The maximum atomic E-state index is 12.7. The first-order valence-corrected chi connectivity index (χ1v) is 10.1. The second-order valence-corrected chi connectivity index (χ2v) is 8.31. The Bertz CT molecular complexity index is 631. The zero-order valence-electron chi connectivity index (χ0n) is 15.7. The van der Waals surface area contributed by atoms with Gasteiger partial charge in [0.05, 0.1) is 0 Å². The third-order valence-electron chi connectivity index (χ3n) is 6.67. The zero-order chi connectivity index (χ0) is 17.4. The second kappa shape index (κ2) is 7.06. The van der Waals surface area contributed by atoms with Gasteiger partial charge in [-0.3, -0.25) is 14.7 Å². The van der Waals surface area contributed by atoms with E-state index in [-0.39, 0.29) is 0 Å². The van der Waals surface area contributed by atoms with Gasteiger partial charge in [-0.15, -0.1) is 0 Å². The van der Waals surface area contributed by atoms with E-state index in [1.807, 2.05) is 6.20 Å². The third kappa shape index (κ3) is 3.21. The highest BCUT2D eigenvalue weighted by molar-refractivity contribution is 5.78. The summed E-state index contributed by atoms with van der Waals surface area (Å²) in [5, 5.41) is 0. The Morgan fingerprint density at radius 3 is 2.92 bits per heavy atom. The third-order valence-corrected chi connectivity index (χ3v) is 6.67. The number of hydrogen-bond donors (Lipinski definition) is 0. The number of carbonyl (C=O) groups excluding carboxylic acids is 1. The summed E-state index contributed by atoms with van der Waals surface area (Å²) in [6, 6.07) is 5.23. The molecule has 3 saturated heterocycles. The summed E-state index contributed by atoms with van der Waals surface area (Å²) >= 11 is 0. The quantitative estimate of drug-likeness (QED) is 0.842. The Morgan fingerprint density at radius 2 is 2.12 bits per heavy atom. The standard InChI is InChI=1S/C21H31N3O/c1-3-6-19-17-11-18(20-8-4-9-21(25)24(19)20)14-23(13-17)12-16-7-5-10-22-15(16)2/h5,7,10,17-20H,3-4,6,8-9,11-14H2,1-2H3/t17-,18+,19-,20-/m0/s1. The lowest BCUT2D eigenvalue weighted by Crippen LogP contribution is -2.64. The van der Waals surface area contributed by atoms with Crippen LogP contribution < -0.4 is 0 Å². The van der Waals surface area contributed by atoms with Crippen molar-refractivity contribution in [3.8, 4) is 0 Å². The molecule has 0 aliphatic carbocycles. The molecule has 3 aliphatic rings. The number of carbonyl (C=O) groups is 1. The molecule has 0 aromatic carbocycles. The second-order valence-electron chi connectivity index (χ2n) is 8.31. The lowest BCUT2D eigenvalue weighted by atomic mass is 9.71. The molecule has 4 heterocycles. The average Bonchev–Trinajstić information content (AvgIpc) is 2.61. The molecule has 4 nitrogen and oxygen atoms in total. The molecule has 1 aromatic heterocycles. The number of pyridine rings is 1. The molecule has 0 unspecified atom stereocenters. The number of rotatable bonds is 4.